The highest BCUT2D eigenvalue weighted by Gasteiger charge is 2.22. The molecule has 0 aromatic heterocycles. The molecule has 7 nitrogen and oxygen atoms in total. The van der Waals surface area contributed by atoms with Crippen LogP contribution in [0.15, 0.2) is 0 Å². The lowest BCUT2D eigenvalue weighted by molar-refractivity contribution is -0.127. The number of hydrogen-bond acceptors (Lipinski definition) is 7. The standard InChI is InChI=1S/C6H14O2.C5H10O5/c1-4-7-6(3)8-5-2;6-1-3(8)5(10)4(9)2-7/h6H,4-5H2,1-3H3;1,3-5,7-10H,2H2/t;3-,4-,5+/m.1/s1. The highest BCUT2D eigenvalue weighted by atomic mass is 16.7. The van der Waals surface area contributed by atoms with E-state index in [1.807, 2.05) is 20.8 Å². The fraction of sp³-hybridized carbons (Fsp3) is 0.909. The molecule has 4 N–H and O–H groups in total. The molecular weight excluding hydrogens is 244 g/mol. The fourth-order valence-electron chi connectivity index (χ4n) is 0.934. The molecule has 0 aliphatic rings. The molecule has 0 aliphatic heterocycles. The van der Waals surface area contributed by atoms with Crippen molar-refractivity contribution in [3.8, 4) is 0 Å². The van der Waals surface area contributed by atoms with Crippen molar-refractivity contribution in [1.29, 1.82) is 0 Å². The largest absolute Gasteiger partial charge is 0.394 e. The molecule has 0 amide bonds. The topological polar surface area (TPSA) is 116 Å². The molecule has 0 radical (unpaired) electrons. The summed E-state index contributed by atoms with van der Waals surface area (Å²) in [4.78, 5) is 9.76. The third-order valence-corrected chi connectivity index (χ3v) is 1.87. The average molecular weight is 268 g/mol. The molecule has 0 aromatic rings. The Kier molecular flexibility index (Phi) is 14.1. The van der Waals surface area contributed by atoms with Crippen molar-refractivity contribution in [2.24, 2.45) is 0 Å². The van der Waals surface area contributed by atoms with Gasteiger partial charge >= 0.3 is 0 Å². The Morgan fingerprint density at radius 3 is 1.83 bits per heavy atom. The van der Waals surface area contributed by atoms with E-state index in [-0.39, 0.29) is 12.6 Å². The molecule has 0 fully saturated rings. The quantitative estimate of drug-likeness (QED) is 0.318. The molecule has 0 heterocycles. The van der Waals surface area contributed by atoms with Gasteiger partial charge in [0.1, 0.15) is 18.3 Å². The van der Waals surface area contributed by atoms with Crippen LogP contribution in [0.1, 0.15) is 20.8 Å². The zero-order valence-corrected chi connectivity index (χ0v) is 11.0. The number of ether oxygens (including phenoxy) is 2. The van der Waals surface area contributed by atoms with Crippen LogP contribution >= 0.6 is 0 Å². The molecule has 0 saturated heterocycles. The Labute approximate surface area is 107 Å². The molecule has 18 heavy (non-hydrogen) atoms. The van der Waals surface area contributed by atoms with Crippen LogP contribution in [0.25, 0.3) is 0 Å². The van der Waals surface area contributed by atoms with E-state index in [0.717, 1.165) is 13.2 Å². The van der Waals surface area contributed by atoms with Crippen LogP contribution in [-0.4, -0.2) is 71.1 Å². The fourth-order valence-corrected chi connectivity index (χ4v) is 0.934. The Morgan fingerprint density at radius 2 is 1.56 bits per heavy atom. The first kappa shape index (κ1) is 19.8. The summed E-state index contributed by atoms with van der Waals surface area (Å²) in [6, 6.07) is 0. The van der Waals surface area contributed by atoms with E-state index in [1.54, 1.807) is 0 Å². The molecule has 0 aliphatic carbocycles. The van der Waals surface area contributed by atoms with Gasteiger partial charge in [-0.2, -0.15) is 0 Å². The van der Waals surface area contributed by atoms with E-state index >= 15 is 0 Å². The molecule has 3 atom stereocenters. The summed E-state index contributed by atoms with van der Waals surface area (Å²) < 4.78 is 10.1. The molecular formula is C11H24O7. The molecule has 0 saturated carbocycles. The molecule has 0 rings (SSSR count). The number of carbonyl (C=O) groups excluding carboxylic acids is 1. The normalized spacial score (nSPS) is 15.6. The van der Waals surface area contributed by atoms with E-state index in [4.69, 9.17) is 29.9 Å². The van der Waals surface area contributed by atoms with Crippen LogP contribution in [0.2, 0.25) is 0 Å². The number of rotatable bonds is 8. The van der Waals surface area contributed by atoms with E-state index in [0.29, 0.717) is 0 Å². The van der Waals surface area contributed by atoms with Crippen molar-refractivity contribution in [2.75, 3.05) is 19.8 Å². The van der Waals surface area contributed by atoms with E-state index in [2.05, 4.69) is 0 Å². The second kappa shape index (κ2) is 12.9. The first-order valence-corrected chi connectivity index (χ1v) is 5.78. The van der Waals surface area contributed by atoms with Crippen molar-refractivity contribution >= 4 is 6.29 Å². The number of aldehydes is 1. The van der Waals surface area contributed by atoms with Gasteiger partial charge in [-0.1, -0.05) is 0 Å². The van der Waals surface area contributed by atoms with Gasteiger partial charge in [0.05, 0.1) is 6.61 Å². The van der Waals surface area contributed by atoms with Crippen LogP contribution in [0.3, 0.4) is 0 Å². The number of aliphatic hydroxyl groups is 4. The lowest BCUT2D eigenvalue weighted by atomic mass is 10.1. The zero-order valence-electron chi connectivity index (χ0n) is 11.0. The van der Waals surface area contributed by atoms with Gasteiger partial charge in [0, 0.05) is 13.2 Å². The maximum atomic E-state index is 9.76. The highest BCUT2D eigenvalue weighted by Crippen LogP contribution is 1.96. The number of carbonyl (C=O) groups is 1. The lowest BCUT2D eigenvalue weighted by Crippen LogP contribution is -2.40. The van der Waals surface area contributed by atoms with Crippen LogP contribution in [0, 0.1) is 0 Å². The second-order valence-electron chi connectivity index (χ2n) is 3.35. The summed E-state index contributed by atoms with van der Waals surface area (Å²) in [6.07, 6.45) is -4.67. The Bertz CT molecular complexity index is 182. The van der Waals surface area contributed by atoms with Crippen molar-refractivity contribution < 1.29 is 34.7 Å². The van der Waals surface area contributed by atoms with Crippen molar-refractivity contribution in [3.63, 3.8) is 0 Å². The first-order chi connectivity index (χ1) is 8.44. The molecule has 0 bridgehead atoms. The summed E-state index contributed by atoms with van der Waals surface area (Å²) in [5.41, 5.74) is 0. The molecule has 0 unspecified atom stereocenters. The van der Waals surface area contributed by atoms with Crippen LogP contribution < -0.4 is 0 Å². The maximum absolute atomic E-state index is 9.76. The molecule has 7 heteroatoms. The minimum absolute atomic E-state index is 0.0370. The first-order valence-electron chi connectivity index (χ1n) is 5.78. The van der Waals surface area contributed by atoms with Gasteiger partial charge in [0.2, 0.25) is 0 Å². The van der Waals surface area contributed by atoms with Crippen molar-refractivity contribution in [2.45, 2.75) is 45.4 Å². The highest BCUT2D eigenvalue weighted by molar-refractivity contribution is 5.56. The van der Waals surface area contributed by atoms with Crippen LogP contribution in [-0.2, 0) is 14.3 Å². The van der Waals surface area contributed by atoms with Gasteiger partial charge in [0.25, 0.3) is 0 Å². The molecule has 110 valence electrons. The third kappa shape index (κ3) is 10.6. The summed E-state index contributed by atoms with van der Waals surface area (Å²) in [6.45, 7) is 6.56. The Morgan fingerprint density at radius 1 is 1.11 bits per heavy atom. The summed E-state index contributed by atoms with van der Waals surface area (Å²) in [7, 11) is 0. The van der Waals surface area contributed by atoms with Crippen molar-refractivity contribution in [3.05, 3.63) is 0 Å². The van der Waals surface area contributed by atoms with E-state index in [9.17, 15) is 4.79 Å². The monoisotopic (exact) mass is 268 g/mol. The van der Waals surface area contributed by atoms with E-state index in [1.165, 1.54) is 0 Å². The predicted molar refractivity (Wildman–Crippen MR) is 63.9 cm³/mol. The molecule has 0 aromatic carbocycles. The predicted octanol–water partition coefficient (Wildman–Crippen LogP) is -1.33. The number of aliphatic hydroxyl groups excluding tert-OH is 4. The lowest BCUT2D eigenvalue weighted by Gasteiger charge is -2.16. The SMILES string of the molecule is CCOC(C)OCC.O=C[C@@H](O)[C@H](O)[C@H](O)CO. The van der Waals surface area contributed by atoms with Crippen LogP contribution in [0.5, 0.6) is 0 Å². The van der Waals surface area contributed by atoms with Gasteiger partial charge in [-0.25, -0.2) is 0 Å². The second-order valence-corrected chi connectivity index (χ2v) is 3.35. The summed E-state index contributed by atoms with van der Waals surface area (Å²) in [5.74, 6) is 0. The van der Waals surface area contributed by atoms with Gasteiger partial charge < -0.3 is 34.7 Å². The van der Waals surface area contributed by atoms with Gasteiger partial charge in [-0.3, -0.25) is 0 Å². The summed E-state index contributed by atoms with van der Waals surface area (Å²) in [5, 5.41) is 34.1. The smallest absolute Gasteiger partial charge is 0.154 e. The number of hydrogen-bond donors (Lipinski definition) is 4. The third-order valence-electron chi connectivity index (χ3n) is 1.87. The minimum atomic E-state index is -1.64. The Hall–Kier alpha value is -0.570. The van der Waals surface area contributed by atoms with E-state index < -0.39 is 24.9 Å². The van der Waals surface area contributed by atoms with Crippen LogP contribution in [0.4, 0.5) is 0 Å². The van der Waals surface area contributed by atoms with Gasteiger partial charge in [0.15, 0.2) is 12.6 Å². The molecule has 0 spiro atoms. The summed E-state index contributed by atoms with van der Waals surface area (Å²) >= 11 is 0. The van der Waals surface area contributed by atoms with Crippen molar-refractivity contribution in [1.82, 2.24) is 0 Å². The minimum Gasteiger partial charge on any atom is -0.394 e. The Balaban J connectivity index is 0. The zero-order chi connectivity index (χ0) is 14.6. The van der Waals surface area contributed by atoms with Gasteiger partial charge in [-0.15, -0.1) is 0 Å². The van der Waals surface area contributed by atoms with Gasteiger partial charge in [-0.05, 0) is 20.8 Å². The average Bonchev–Trinajstić information content (AvgIpc) is 2.37. The maximum Gasteiger partial charge on any atom is 0.154 e.